The Bertz CT molecular complexity index is 274. The molecule has 13 heavy (non-hydrogen) atoms. The molecule has 1 atom stereocenters. The Kier molecular flexibility index (Phi) is 4.80. The van der Waals surface area contributed by atoms with E-state index in [-0.39, 0.29) is 11.8 Å². The Morgan fingerprint density at radius 2 is 2.08 bits per heavy atom. The van der Waals surface area contributed by atoms with Crippen LogP contribution in [0.1, 0.15) is 20.3 Å². The minimum atomic E-state index is -3.12. The molecule has 0 spiro atoms. The number of rotatable bonds is 5. The van der Waals surface area contributed by atoms with Gasteiger partial charge in [-0.3, -0.25) is 0 Å². The van der Waals surface area contributed by atoms with Crippen LogP contribution in [0.5, 0.6) is 0 Å². The molecule has 1 unspecified atom stereocenters. The fourth-order valence-electron chi connectivity index (χ4n) is 0.898. The first-order chi connectivity index (χ1) is 5.81. The summed E-state index contributed by atoms with van der Waals surface area (Å²) in [6.45, 7) is 3.39. The van der Waals surface area contributed by atoms with Crippen molar-refractivity contribution in [1.29, 1.82) is 0 Å². The highest BCUT2D eigenvalue weighted by molar-refractivity contribution is 7.89. The van der Waals surface area contributed by atoms with Crippen LogP contribution < -0.4 is 5.73 Å². The molecular formula is C7H16N2O2S2. The van der Waals surface area contributed by atoms with Crippen LogP contribution in [0.4, 0.5) is 0 Å². The molecule has 0 saturated carbocycles. The molecule has 78 valence electrons. The zero-order chi connectivity index (χ0) is 10.6. The van der Waals surface area contributed by atoms with Crippen molar-refractivity contribution in [1.82, 2.24) is 4.31 Å². The minimum absolute atomic E-state index is 0.102. The second-order valence-electron chi connectivity index (χ2n) is 2.94. The molecule has 0 aliphatic carbocycles. The molecule has 0 saturated heterocycles. The summed E-state index contributed by atoms with van der Waals surface area (Å²) in [6.07, 6.45) is 0.422. The standard InChI is InChI=1S/C7H16N2O2S2/c1-4-13(10,11)9(3)6(2)5-7(8)12/h6H,4-5H2,1-3H3,(H2,8,12). The lowest BCUT2D eigenvalue weighted by Gasteiger charge is -2.22. The van der Waals surface area contributed by atoms with Gasteiger partial charge >= 0.3 is 0 Å². The quantitative estimate of drug-likeness (QED) is 0.684. The summed E-state index contributed by atoms with van der Waals surface area (Å²) in [5, 5.41) is 0. The summed E-state index contributed by atoms with van der Waals surface area (Å²) in [6, 6.07) is -0.164. The van der Waals surface area contributed by atoms with E-state index in [0.717, 1.165) is 0 Å². The molecule has 0 bridgehead atoms. The van der Waals surface area contributed by atoms with Crippen molar-refractivity contribution in [2.75, 3.05) is 12.8 Å². The van der Waals surface area contributed by atoms with Crippen LogP contribution in [0.25, 0.3) is 0 Å². The molecule has 4 nitrogen and oxygen atoms in total. The van der Waals surface area contributed by atoms with E-state index in [4.69, 9.17) is 18.0 Å². The van der Waals surface area contributed by atoms with E-state index in [1.165, 1.54) is 4.31 Å². The van der Waals surface area contributed by atoms with Crippen molar-refractivity contribution >= 4 is 27.2 Å². The zero-order valence-electron chi connectivity index (χ0n) is 8.15. The van der Waals surface area contributed by atoms with Gasteiger partial charge in [0.1, 0.15) is 0 Å². The number of hydrogen-bond acceptors (Lipinski definition) is 3. The van der Waals surface area contributed by atoms with Gasteiger partial charge in [-0.25, -0.2) is 12.7 Å². The van der Waals surface area contributed by atoms with Crippen LogP contribution in [-0.4, -0.2) is 36.6 Å². The van der Waals surface area contributed by atoms with Crippen LogP contribution in [-0.2, 0) is 10.0 Å². The molecule has 0 aromatic heterocycles. The summed E-state index contributed by atoms with van der Waals surface area (Å²) in [5.41, 5.74) is 5.33. The fourth-order valence-corrected chi connectivity index (χ4v) is 2.17. The maximum atomic E-state index is 11.4. The zero-order valence-corrected chi connectivity index (χ0v) is 9.78. The molecule has 0 amide bonds. The first kappa shape index (κ1) is 12.8. The first-order valence-electron chi connectivity index (χ1n) is 4.05. The van der Waals surface area contributed by atoms with Crippen LogP contribution >= 0.6 is 12.2 Å². The Hall–Kier alpha value is -0.200. The van der Waals surface area contributed by atoms with E-state index in [1.807, 2.05) is 0 Å². The van der Waals surface area contributed by atoms with Gasteiger partial charge < -0.3 is 5.73 Å². The molecule has 0 aromatic rings. The molecule has 0 rings (SSSR count). The molecule has 2 N–H and O–H groups in total. The maximum Gasteiger partial charge on any atom is 0.213 e. The third-order valence-corrected chi connectivity index (χ3v) is 4.05. The van der Waals surface area contributed by atoms with Gasteiger partial charge in [0, 0.05) is 19.5 Å². The molecule has 0 heterocycles. The second-order valence-corrected chi connectivity index (χ2v) is 5.78. The van der Waals surface area contributed by atoms with Crippen LogP contribution in [0, 0.1) is 0 Å². The first-order valence-corrected chi connectivity index (χ1v) is 6.07. The molecule has 0 aliphatic rings. The lowest BCUT2D eigenvalue weighted by atomic mass is 10.2. The van der Waals surface area contributed by atoms with Gasteiger partial charge in [0.15, 0.2) is 0 Å². The van der Waals surface area contributed by atoms with Gasteiger partial charge in [0.2, 0.25) is 10.0 Å². The molecule has 0 aromatic carbocycles. The lowest BCUT2D eigenvalue weighted by Crippen LogP contribution is -2.38. The van der Waals surface area contributed by atoms with Gasteiger partial charge in [-0.1, -0.05) is 12.2 Å². The Balaban J connectivity index is 4.43. The summed E-state index contributed by atoms with van der Waals surface area (Å²) < 4.78 is 24.0. The van der Waals surface area contributed by atoms with Crippen molar-refractivity contribution in [2.24, 2.45) is 5.73 Å². The van der Waals surface area contributed by atoms with Crippen molar-refractivity contribution in [2.45, 2.75) is 26.3 Å². The maximum absolute atomic E-state index is 11.4. The van der Waals surface area contributed by atoms with Crippen molar-refractivity contribution < 1.29 is 8.42 Å². The van der Waals surface area contributed by atoms with Gasteiger partial charge in [0.05, 0.1) is 10.7 Å². The van der Waals surface area contributed by atoms with Crippen molar-refractivity contribution in [3.63, 3.8) is 0 Å². The summed E-state index contributed by atoms with van der Waals surface area (Å²) in [7, 11) is -1.58. The predicted molar refractivity (Wildman–Crippen MR) is 58.1 cm³/mol. The predicted octanol–water partition coefficient (Wildman–Crippen LogP) is 0.333. The number of nitrogens with zero attached hydrogens (tertiary/aromatic N) is 1. The molecule has 0 fully saturated rings. The van der Waals surface area contributed by atoms with E-state index < -0.39 is 10.0 Å². The summed E-state index contributed by atoms with van der Waals surface area (Å²) in [4.78, 5) is 0.339. The summed E-state index contributed by atoms with van der Waals surface area (Å²) >= 11 is 4.71. The average Bonchev–Trinajstić information content (AvgIpc) is 2.01. The third kappa shape index (κ3) is 4.02. The van der Waals surface area contributed by atoms with Gasteiger partial charge in [-0.15, -0.1) is 0 Å². The van der Waals surface area contributed by atoms with Crippen LogP contribution in [0.15, 0.2) is 0 Å². The Morgan fingerprint density at radius 1 is 1.62 bits per heavy atom. The molecular weight excluding hydrogens is 208 g/mol. The molecule has 6 heteroatoms. The molecule has 0 radical (unpaired) electrons. The number of thiocarbonyl (C=S) groups is 1. The normalized spacial score (nSPS) is 14.5. The summed E-state index contributed by atoms with van der Waals surface area (Å²) in [5.74, 6) is 0.102. The van der Waals surface area contributed by atoms with E-state index in [1.54, 1.807) is 20.9 Å². The Morgan fingerprint density at radius 3 is 2.38 bits per heavy atom. The minimum Gasteiger partial charge on any atom is -0.393 e. The highest BCUT2D eigenvalue weighted by Gasteiger charge is 2.21. The average molecular weight is 224 g/mol. The van der Waals surface area contributed by atoms with Gasteiger partial charge in [-0.05, 0) is 13.8 Å². The Labute approximate surface area is 85.1 Å². The molecule has 0 aliphatic heterocycles. The van der Waals surface area contributed by atoms with Crippen molar-refractivity contribution in [3.8, 4) is 0 Å². The fraction of sp³-hybridized carbons (Fsp3) is 0.857. The van der Waals surface area contributed by atoms with E-state index in [2.05, 4.69) is 0 Å². The lowest BCUT2D eigenvalue weighted by molar-refractivity contribution is 0.398. The van der Waals surface area contributed by atoms with Gasteiger partial charge in [0.25, 0.3) is 0 Å². The third-order valence-electron chi connectivity index (χ3n) is 1.92. The number of sulfonamides is 1. The number of hydrogen-bond donors (Lipinski definition) is 1. The highest BCUT2D eigenvalue weighted by Crippen LogP contribution is 2.07. The van der Waals surface area contributed by atoms with E-state index >= 15 is 0 Å². The number of nitrogens with two attached hydrogens (primary N) is 1. The second kappa shape index (κ2) is 4.88. The SMILES string of the molecule is CCS(=O)(=O)N(C)C(C)CC(N)=S. The largest absolute Gasteiger partial charge is 0.393 e. The monoisotopic (exact) mass is 224 g/mol. The van der Waals surface area contributed by atoms with E-state index in [0.29, 0.717) is 11.4 Å². The van der Waals surface area contributed by atoms with Crippen molar-refractivity contribution in [3.05, 3.63) is 0 Å². The van der Waals surface area contributed by atoms with Gasteiger partial charge in [-0.2, -0.15) is 0 Å². The smallest absolute Gasteiger partial charge is 0.213 e. The highest BCUT2D eigenvalue weighted by atomic mass is 32.2. The van der Waals surface area contributed by atoms with E-state index in [9.17, 15) is 8.42 Å². The topological polar surface area (TPSA) is 63.4 Å². The van der Waals surface area contributed by atoms with Crippen LogP contribution in [0.3, 0.4) is 0 Å². The van der Waals surface area contributed by atoms with Crippen LogP contribution in [0.2, 0.25) is 0 Å².